The van der Waals surface area contributed by atoms with Crippen LogP contribution in [0.5, 0.6) is 0 Å². The zero-order valence-electron chi connectivity index (χ0n) is 12.1. The van der Waals surface area contributed by atoms with Gasteiger partial charge < -0.3 is 0 Å². The predicted molar refractivity (Wildman–Crippen MR) is 92.4 cm³/mol. The number of benzene rings is 2. The highest BCUT2D eigenvalue weighted by molar-refractivity contribution is 7.81. The molecular formula is C19H20S. The maximum absolute atomic E-state index is 5.46. The second kappa shape index (κ2) is 7.16. The lowest BCUT2D eigenvalue weighted by Crippen LogP contribution is -1.93. The number of hydrogen-bond acceptors (Lipinski definition) is 1. The van der Waals surface area contributed by atoms with Gasteiger partial charge in [0.15, 0.2) is 0 Å². The van der Waals surface area contributed by atoms with Gasteiger partial charge in [-0.1, -0.05) is 80.7 Å². The van der Waals surface area contributed by atoms with E-state index in [1.165, 1.54) is 16.7 Å². The number of aryl methyl sites for hydroxylation is 2. The molecule has 0 heterocycles. The van der Waals surface area contributed by atoms with Crippen LogP contribution >= 0.6 is 12.2 Å². The van der Waals surface area contributed by atoms with Crippen LogP contribution in [0.4, 0.5) is 0 Å². The smallest absolute Gasteiger partial charge is 0.0449 e. The largest absolute Gasteiger partial charge is 0.0795 e. The minimum Gasteiger partial charge on any atom is -0.0795 e. The second-order valence-corrected chi connectivity index (χ2v) is 5.24. The Morgan fingerprint density at radius 3 is 2.40 bits per heavy atom. The SMILES string of the molecule is CCc1ccc(C=CC(=S)c2ccccc2)c(CC)c1. The van der Waals surface area contributed by atoms with Gasteiger partial charge in [0.25, 0.3) is 0 Å². The first-order chi connectivity index (χ1) is 9.74. The summed E-state index contributed by atoms with van der Waals surface area (Å²) < 4.78 is 0. The molecule has 0 N–H and O–H groups in total. The van der Waals surface area contributed by atoms with Crippen LogP contribution < -0.4 is 0 Å². The highest BCUT2D eigenvalue weighted by Gasteiger charge is 2.00. The molecule has 0 aliphatic carbocycles. The molecular weight excluding hydrogens is 260 g/mol. The van der Waals surface area contributed by atoms with E-state index < -0.39 is 0 Å². The Hall–Kier alpha value is -1.73. The fourth-order valence-corrected chi connectivity index (χ4v) is 2.42. The van der Waals surface area contributed by atoms with Gasteiger partial charge in [0, 0.05) is 4.86 Å². The van der Waals surface area contributed by atoms with Crippen molar-refractivity contribution in [1.82, 2.24) is 0 Å². The van der Waals surface area contributed by atoms with Crippen LogP contribution in [0.3, 0.4) is 0 Å². The van der Waals surface area contributed by atoms with Crippen molar-refractivity contribution in [2.75, 3.05) is 0 Å². The Morgan fingerprint density at radius 2 is 1.75 bits per heavy atom. The number of hydrogen-bond donors (Lipinski definition) is 0. The average Bonchev–Trinajstić information content (AvgIpc) is 2.53. The van der Waals surface area contributed by atoms with Crippen molar-refractivity contribution >= 4 is 23.2 Å². The molecule has 0 radical (unpaired) electrons. The molecule has 0 nitrogen and oxygen atoms in total. The van der Waals surface area contributed by atoms with E-state index in [1.807, 2.05) is 36.4 Å². The molecule has 0 aromatic heterocycles. The average molecular weight is 280 g/mol. The molecule has 0 atom stereocenters. The zero-order valence-corrected chi connectivity index (χ0v) is 12.9. The van der Waals surface area contributed by atoms with Gasteiger partial charge >= 0.3 is 0 Å². The number of thiocarbonyl (C=S) groups is 1. The molecule has 2 rings (SSSR count). The molecule has 2 aromatic carbocycles. The molecule has 0 saturated carbocycles. The van der Waals surface area contributed by atoms with Gasteiger partial charge in [-0.05, 0) is 41.2 Å². The maximum atomic E-state index is 5.46. The first kappa shape index (κ1) is 14.7. The summed E-state index contributed by atoms with van der Waals surface area (Å²) in [5.74, 6) is 0. The third-order valence-corrected chi connectivity index (χ3v) is 3.84. The summed E-state index contributed by atoms with van der Waals surface area (Å²) in [5.41, 5.74) is 5.14. The quantitative estimate of drug-likeness (QED) is 0.410. The van der Waals surface area contributed by atoms with E-state index in [9.17, 15) is 0 Å². The normalized spacial score (nSPS) is 10.9. The molecule has 0 fully saturated rings. The van der Waals surface area contributed by atoms with E-state index in [1.54, 1.807) is 0 Å². The Bertz CT molecular complexity index is 609. The van der Waals surface area contributed by atoms with Gasteiger partial charge in [-0.15, -0.1) is 0 Å². The third-order valence-electron chi connectivity index (χ3n) is 3.47. The lowest BCUT2D eigenvalue weighted by molar-refractivity contribution is 1.08. The fourth-order valence-electron chi connectivity index (χ4n) is 2.21. The van der Waals surface area contributed by atoms with E-state index in [0.717, 1.165) is 23.3 Å². The molecule has 0 aliphatic heterocycles. The van der Waals surface area contributed by atoms with Crippen molar-refractivity contribution in [3.63, 3.8) is 0 Å². The Kier molecular flexibility index (Phi) is 5.25. The molecule has 0 amide bonds. The Balaban J connectivity index is 2.21. The van der Waals surface area contributed by atoms with Crippen LogP contribution in [-0.2, 0) is 12.8 Å². The molecule has 0 saturated heterocycles. The standard InChI is InChI=1S/C19H20S/c1-3-15-10-11-17(16(4-2)14-15)12-13-19(20)18-8-6-5-7-9-18/h5-14H,3-4H2,1-2H3. The van der Waals surface area contributed by atoms with Gasteiger partial charge in [0.05, 0.1) is 0 Å². The van der Waals surface area contributed by atoms with E-state index in [4.69, 9.17) is 12.2 Å². The van der Waals surface area contributed by atoms with Crippen molar-refractivity contribution in [3.05, 3.63) is 76.9 Å². The summed E-state index contributed by atoms with van der Waals surface area (Å²) in [6.07, 6.45) is 6.30. The summed E-state index contributed by atoms with van der Waals surface area (Å²) in [5, 5.41) is 0. The van der Waals surface area contributed by atoms with E-state index >= 15 is 0 Å². The minimum atomic E-state index is 0.882. The van der Waals surface area contributed by atoms with E-state index in [0.29, 0.717) is 0 Å². The summed E-state index contributed by atoms with van der Waals surface area (Å²) in [6.45, 7) is 4.39. The molecule has 102 valence electrons. The highest BCUT2D eigenvalue weighted by atomic mass is 32.1. The second-order valence-electron chi connectivity index (χ2n) is 4.80. The summed E-state index contributed by atoms with van der Waals surface area (Å²) in [4.78, 5) is 0.882. The summed E-state index contributed by atoms with van der Waals surface area (Å²) >= 11 is 5.46. The van der Waals surface area contributed by atoms with Crippen molar-refractivity contribution < 1.29 is 0 Å². The van der Waals surface area contributed by atoms with E-state index in [-0.39, 0.29) is 0 Å². The Labute approximate surface area is 127 Å². The third kappa shape index (κ3) is 3.64. The first-order valence-electron chi connectivity index (χ1n) is 7.13. The predicted octanol–water partition coefficient (Wildman–Crippen LogP) is 5.24. The first-order valence-corrected chi connectivity index (χ1v) is 7.54. The maximum Gasteiger partial charge on any atom is 0.0449 e. The highest BCUT2D eigenvalue weighted by Crippen LogP contribution is 2.16. The van der Waals surface area contributed by atoms with Gasteiger partial charge in [-0.25, -0.2) is 0 Å². The molecule has 20 heavy (non-hydrogen) atoms. The minimum absolute atomic E-state index is 0.882. The summed E-state index contributed by atoms with van der Waals surface area (Å²) in [6, 6.07) is 16.8. The van der Waals surface area contributed by atoms with Crippen LogP contribution in [0.2, 0.25) is 0 Å². The van der Waals surface area contributed by atoms with Crippen molar-refractivity contribution in [1.29, 1.82) is 0 Å². The Morgan fingerprint density at radius 1 is 1.00 bits per heavy atom. The van der Waals surface area contributed by atoms with Crippen molar-refractivity contribution in [2.24, 2.45) is 0 Å². The molecule has 0 bridgehead atoms. The van der Waals surface area contributed by atoms with E-state index in [2.05, 4.69) is 38.1 Å². The van der Waals surface area contributed by atoms with Crippen molar-refractivity contribution in [3.8, 4) is 0 Å². The van der Waals surface area contributed by atoms with Gasteiger partial charge in [-0.2, -0.15) is 0 Å². The molecule has 0 spiro atoms. The van der Waals surface area contributed by atoms with Gasteiger partial charge in [0.2, 0.25) is 0 Å². The van der Waals surface area contributed by atoms with Crippen molar-refractivity contribution in [2.45, 2.75) is 26.7 Å². The van der Waals surface area contributed by atoms with Crippen LogP contribution in [0.25, 0.3) is 6.08 Å². The molecule has 0 unspecified atom stereocenters. The zero-order chi connectivity index (χ0) is 14.4. The monoisotopic (exact) mass is 280 g/mol. The van der Waals surface area contributed by atoms with Crippen LogP contribution in [0.1, 0.15) is 36.1 Å². The fraction of sp³-hybridized carbons (Fsp3) is 0.211. The number of allylic oxidation sites excluding steroid dienone is 1. The van der Waals surface area contributed by atoms with Gasteiger partial charge in [0.1, 0.15) is 0 Å². The van der Waals surface area contributed by atoms with Crippen LogP contribution in [-0.4, -0.2) is 4.86 Å². The molecule has 2 aromatic rings. The molecule has 0 aliphatic rings. The topological polar surface area (TPSA) is 0 Å². The van der Waals surface area contributed by atoms with Crippen LogP contribution in [0.15, 0.2) is 54.6 Å². The lowest BCUT2D eigenvalue weighted by Gasteiger charge is -2.06. The summed E-state index contributed by atoms with van der Waals surface area (Å²) in [7, 11) is 0. The number of rotatable bonds is 5. The lowest BCUT2D eigenvalue weighted by atomic mass is 10.00. The molecule has 1 heteroatoms. The van der Waals surface area contributed by atoms with Crippen LogP contribution in [0, 0.1) is 0 Å². The van der Waals surface area contributed by atoms with Gasteiger partial charge in [-0.3, -0.25) is 0 Å².